The van der Waals surface area contributed by atoms with Crippen LogP contribution in [0.15, 0.2) is 52.5 Å². The Hall–Kier alpha value is -1.69. The number of aromatic hydroxyl groups is 1. The van der Waals surface area contributed by atoms with E-state index in [4.69, 9.17) is 0 Å². The molecular formula is C12H8F3NOS. The lowest BCUT2D eigenvalue weighted by molar-refractivity contribution is -0.137. The highest BCUT2D eigenvalue weighted by Gasteiger charge is 2.30. The van der Waals surface area contributed by atoms with E-state index in [1.54, 1.807) is 12.1 Å². The molecule has 0 fully saturated rings. The summed E-state index contributed by atoms with van der Waals surface area (Å²) in [5, 5.41) is 9.50. The number of aromatic nitrogens is 1. The van der Waals surface area contributed by atoms with Gasteiger partial charge in [-0.1, -0.05) is 17.8 Å². The van der Waals surface area contributed by atoms with Crippen LogP contribution >= 0.6 is 11.8 Å². The third-order valence-corrected chi connectivity index (χ3v) is 3.21. The van der Waals surface area contributed by atoms with Crippen molar-refractivity contribution in [3.8, 4) is 5.75 Å². The van der Waals surface area contributed by atoms with Gasteiger partial charge in [0.15, 0.2) is 0 Å². The molecule has 0 spiro atoms. The fourth-order valence-electron chi connectivity index (χ4n) is 1.32. The molecule has 1 aromatic heterocycles. The first-order valence-corrected chi connectivity index (χ1v) is 5.76. The third kappa shape index (κ3) is 2.95. The van der Waals surface area contributed by atoms with Gasteiger partial charge in [0, 0.05) is 11.1 Å². The van der Waals surface area contributed by atoms with Crippen molar-refractivity contribution in [2.75, 3.05) is 0 Å². The van der Waals surface area contributed by atoms with Gasteiger partial charge >= 0.3 is 6.18 Å². The summed E-state index contributed by atoms with van der Waals surface area (Å²) in [6.45, 7) is 0. The first kappa shape index (κ1) is 12.8. The summed E-state index contributed by atoms with van der Waals surface area (Å²) in [6, 6.07) is 6.49. The number of hydrogen-bond donors (Lipinski definition) is 1. The lowest BCUT2D eigenvalue weighted by Gasteiger charge is -2.08. The standard InChI is InChI=1S/C12H8F3NOS/c13-12(14,15)8-2-1-3-9(6-8)18-11-4-5-16-7-10(11)17/h1-7,17H. The van der Waals surface area contributed by atoms with Gasteiger partial charge in [0.25, 0.3) is 0 Å². The maximum absolute atomic E-state index is 12.5. The molecule has 1 N–H and O–H groups in total. The lowest BCUT2D eigenvalue weighted by atomic mass is 10.2. The van der Waals surface area contributed by atoms with Crippen LogP contribution in [0.1, 0.15) is 5.56 Å². The molecule has 0 amide bonds. The average Bonchev–Trinajstić information content (AvgIpc) is 2.31. The van der Waals surface area contributed by atoms with Crippen LogP contribution in [0, 0.1) is 0 Å². The second-order valence-corrected chi connectivity index (χ2v) is 4.59. The lowest BCUT2D eigenvalue weighted by Crippen LogP contribution is -2.04. The first-order valence-electron chi connectivity index (χ1n) is 4.95. The van der Waals surface area contributed by atoms with Crippen LogP contribution in [0.5, 0.6) is 5.75 Å². The second-order valence-electron chi connectivity index (χ2n) is 3.47. The molecule has 0 unspecified atom stereocenters. The van der Waals surface area contributed by atoms with Crippen LogP contribution in [0.25, 0.3) is 0 Å². The van der Waals surface area contributed by atoms with E-state index < -0.39 is 11.7 Å². The van der Waals surface area contributed by atoms with Gasteiger partial charge in [-0.3, -0.25) is 4.98 Å². The topological polar surface area (TPSA) is 33.1 Å². The van der Waals surface area contributed by atoms with Crippen LogP contribution in [-0.2, 0) is 6.18 Å². The number of pyridine rings is 1. The number of nitrogens with zero attached hydrogens (tertiary/aromatic N) is 1. The van der Waals surface area contributed by atoms with Crippen molar-refractivity contribution >= 4 is 11.8 Å². The Labute approximate surface area is 105 Å². The van der Waals surface area contributed by atoms with Crippen molar-refractivity contribution in [3.63, 3.8) is 0 Å². The Balaban J connectivity index is 2.28. The minimum atomic E-state index is -4.36. The minimum Gasteiger partial charge on any atom is -0.505 e. The van der Waals surface area contributed by atoms with Crippen LogP contribution in [0.4, 0.5) is 13.2 Å². The summed E-state index contributed by atoms with van der Waals surface area (Å²) >= 11 is 1.05. The summed E-state index contributed by atoms with van der Waals surface area (Å²) in [7, 11) is 0. The molecule has 0 atom stereocenters. The first-order chi connectivity index (χ1) is 8.47. The van der Waals surface area contributed by atoms with Crippen molar-refractivity contribution in [2.45, 2.75) is 16.0 Å². The zero-order valence-corrected chi connectivity index (χ0v) is 9.79. The molecule has 6 heteroatoms. The van der Waals surface area contributed by atoms with E-state index in [1.807, 2.05) is 0 Å². The van der Waals surface area contributed by atoms with Crippen LogP contribution < -0.4 is 0 Å². The third-order valence-electron chi connectivity index (χ3n) is 2.15. The average molecular weight is 271 g/mol. The SMILES string of the molecule is Oc1cnccc1Sc1cccc(C(F)(F)F)c1. The molecule has 2 nitrogen and oxygen atoms in total. The van der Waals surface area contributed by atoms with Gasteiger partial charge in [-0.05, 0) is 24.3 Å². The molecular weight excluding hydrogens is 263 g/mol. The fourth-order valence-corrected chi connectivity index (χ4v) is 2.20. The van der Waals surface area contributed by atoms with Gasteiger partial charge in [-0.15, -0.1) is 0 Å². The summed E-state index contributed by atoms with van der Waals surface area (Å²) in [5.74, 6) is -0.0556. The maximum atomic E-state index is 12.5. The van der Waals surface area contributed by atoms with E-state index in [9.17, 15) is 18.3 Å². The van der Waals surface area contributed by atoms with Crippen molar-refractivity contribution < 1.29 is 18.3 Å². The largest absolute Gasteiger partial charge is 0.505 e. The maximum Gasteiger partial charge on any atom is 0.416 e. The molecule has 0 saturated heterocycles. The Bertz CT molecular complexity index is 557. The van der Waals surface area contributed by atoms with E-state index in [1.165, 1.54) is 18.5 Å². The van der Waals surface area contributed by atoms with Gasteiger partial charge in [0.05, 0.1) is 16.7 Å². The van der Waals surface area contributed by atoms with Gasteiger partial charge in [0.2, 0.25) is 0 Å². The zero-order valence-electron chi connectivity index (χ0n) is 8.98. The van der Waals surface area contributed by atoms with E-state index in [0.29, 0.717) is 9.79 Å². The van der Waals surface area contributed by atoms with Crippen molar-refractivity contribution in [1.82, 2.24) is 4.98 Å². The summed E-state index contributed by atoms with van der Waals surface area (Å²) in [6.07, 6.45) is -1.65. The van der Waals surface area contributed by atoms with Crippen LogP contribution in [-0.4, -0.2) is 10.1 Å². The molecule has 1 aromatic carbocycles. The van der Waals surface area contributed by atoms with E-state index in [-0.39, 0.29) is 5.75 Å². The minimum absolute atomic E-state index is 0.0556. The number of halogens is 3. The molecule has 94 valence electrons. The highest BCUT2D eigenvalue weighted by atomic mass is 32.2. The quantitative estimate of drug-likeness (QED) is 0.897. The molecule has 2 rings (SSSR count). The molecule has 0 radical (unpaired) electrons. The number of hydrogen-bond acceptors (Lipinski definition) is 3. The number of alkyl halides is 3. The summed E-state index contributed by atoms with van der Waals surface area (Å²) < 4.78 is 37.6. The van der Waals surface area contributed by atoms with E-state index in [0.717, 1.165) is 23.9 Å². The van der Waals surface area contributed by atoms with Crippen LogP contribution in [0.3, 0.4) is 0 Å². The Morgan fingerprint density at radius 1 is 1.17 bits per heavy atom. The van der Waals surface area contributed by atoms with E-state index >= 15 is 0 Å². The zero-order chi connectivity index (χ0) is 13.2. The molecule has 1 heterocycles. The number of benzene rings is 1. The molecule has 0 bridgehead atoms. The smallest absolute Gasteiger partial charge is 0.416 e. The van der Waals surface area contributed by atoms with E-state index in [2.05, 4.69) is 4.98 Å². The van der Waals surface area contributed by atoms with Gasteiger partial charge in [0.1, 0.15) is 5.75 Å². The van der Waals surface area contributed by atoms with Gasteiger partial charge in [-0.25, -0.2) is 0 Å². The predicted molar refractivity (Wildman–Crippen MR) is 61.5 cm³/mol. The Kier molecular flexibility index (Phi) is 3.47. The monoisotopic (exact) mass is 271 g/mol. The fraction of sp³-hybridized carbons (Fsp3) is 0.0833. The molecule has 0 aliphatic rings. The molecule has 2 aromatic rings. The normalized spacial score (nSPS) is 11.5. The van der Waals surface area contributed by atoms with Crippen molar-refractivity contribution in [2.24, 2.45) is 0 Å². The molecule has 18 heavy (non-hydrogen) atoms. The second kappa shape index (κ2) is 4.89. The van der Waals surface area contributed by atoms with Crippen molar-refractivity contribution in [1.29, 1.82) is 0 Å². The van der Waals surface area contributed by atoms with Crippen LogP contribution in [0.2, 0.25) is 0 Å². The molecule has 0 saturated carbocycles. The Morgan fingerprint density at radius 2 is 1.94 bits per heavy atom. The van der Waals surface area contributed by atoms with Gasteiger partial charge in [-0.2, -0.15) is 13.2 Å². The molecule has 0 aliphatic heterocycles. The highest BCUT2D eigenvalue weighted by molar-refractivity contribution is 7.99. The summed E-state index contributed by atoms with van der Waals surface area (Å²) in [4.78, 5) is 4.57. The van der Waals surface area contributed by atoms with Gasteiger partial charge < -0.3 is 5.11 Å². The molecule has 0 aliphatic carbocycles. The Morgan fingerprint density at radius 3 is 2.61 bits per heavy atom. The predicted octanol–water partition coefficient (Wildman–Crippen LogP) is 3.96. The number of rotatable bonds is 2. The van der Waals surface area contributed by atoms with Crippen molar-refractivity contribution in [3.05, 3.63) is 48.3 Å². The summed E-state index contributed by atoms with van der Waals surface area (Å²) in [5.41, 5.74) is -0.707. The highest BCUT2D eigenvalue weighted by Crippen LogP contribution is 2.36.